The number of urea groups is 1. The molecule has 0 bridgehead atoms. The third-order valence-electron chi connectivity index (χ3n) is 3.87. The maximum Gasteiger partial charge on any atom is 0.324 e. The summed E-state index contributed by atoms with van der Waals surface area (Å²) in [7, 11) is 4.01. The molecule has 2 N–H and O–H groups in total. The number of nitrogens with two attached hydrogens (primary N) is 1. The number of carbonyl (C=O) groups excluding carboxylic acids is 1. The third-order valence-corrected chi connectivity index (χ3v) is 3.87. The van der Waals surface area contributed by atoms with Gasteiger partial charge in [0.2, 0.25) is 0 Å². The van der Waals surface area contributed by atoms with Crippen LogP contribution < -0.4 is 10.6 Å². The number of hydrogen-bond acceptors (Lipinski definition) is 5. The normalized spacial score (nSPS) is 15.3. The Morgan fingerprint density at radius 3 is 2.86 bits per heavy atom. The SMILES string of the molecule is CN(C)CCN1CCN(c2ccc3ncnc(N)c3c2)C1=O. The number of hydrogen-bond donors (Lipinski definition) is 1. The molecule has 7 heteroatoms. The lowest BCUT2D eigenvalue weighted by Crippen LogP contribution is -2.36. The summed E-state index contributed by atoms with van der Waals surface area (Å²) >= 11 is 0. The van der Waals surface area contributed by atoms with Gasteiger partial charge in [0, 0.05) is 37.3 Å². The lowest BCUT2D eigenvalue weighted by atomic mass is 10.2. The quantitative estimate of drug-likeness (QED) is 0.912. The predicted molar refractivity (Wildman–Crippen MR) is 86.8 cm³/mol. The average Bonchev–Trinajstić information content (AvgIpc) is 2.86. The monoisotopic (exact) mass is 300 g/mol. The van der Waals surface area contributed by atoms with Crippen LogP contribution >= 0.6 is 0 Å². The second kappa shape index (κ2) is 5.76. The first-order chi connectivity index (χ1) is 10.6. The number of rotatable bonds is 4. The van der Waals surface area contributed by atoms with Gasteiger partial charge in [-0.15, -0.1) is 0 Å². The molecular formula is C15H20N6O. The fourth-order valence-electron chi connectivity index (χ4n) is 2.58. The van der Waals surface area contributed by atoms with Crippen LogP contribution in [0.25, 0.3) is 10.9 Å². The van der Waals surface area contributed by atoms with Crippen LogP contribution in [0.15, 0.2) is 24.5 Å². The first kappa shape index (κ1) is 14.5. The first-order valence-electron chi connectivity index (χ1n) is 7.27. The van der Waals surface area contributed by atoms with E-state index in [-0.39, 0.29) is 6.03 Å². The summed E-state index contributed by atoms with van der Waals surface area (Å²) in [6.45, 7) is 3.02. The highest BCUT2D eigenvalue weighted by Crippen LogP contribution is 2.26. The zero-order valence-corrected chi connectivity index (χ0v) is 12.9. The van der Waals surface area contributed by atoms with E-state index >= 15 is 0 Å². The number of likely N-dealkylation sites (N-methyl/N-ethyl adjacent to an activating group) is 1. The lowest BCUT2D eigenvalue weighted by Gasteiger charge is -2.20. The highest BCUT2D eigenvalue weighted by Gasteiger charge is 2.29. The lowest BCUT2D eigenvalue weighted by molar-refractivity contribution is 0.215. The van der Waals surface area contributed by atoms with E-state index in [1.165, 1.54) is 6.33 Å². The Kier molecular flexibility index (Phi) is 3.81. The molecule has 3 rings (SSSR count). The standard InChI is InChI=1S/C15H20N6O/c1-19(2)5-6-20-7-8-21(15(20)22)11-3-4-13-12(9-11)14(16)18-10-17-13/h3-4,9-10H,5-8H2,1-2H3,(H2,16,17,18). The second-order valence-electron chi connectivity index (χ2n) is 5.68. The first-order valence-corrected chi connectivity index (χ1v) is 7.27. The molecule has 2 amide bonds. The zero-order chi connectivity index (χ0) is 15.7. The molecule has 1 aromatic heterocycles. The van der Waals surface area contributed by atoms with Gasteiger partial charge in [0.15, 0.2) is 0 Å². The van der Waals surface area contributed by atoms with E-state index in [0.29, 0.717) is 12.4 Å². The fourth-order valence-corrected chi connectivity index (χ4v) is 2.58. The van der Waals surface area contributed by atoms with Crippen molar-refractivity contribution in [3.8, 4) is 0 Å². The number of nitrogen functional groups attached to an aromatic ring is 1. The molecular weight excluding hydrogens is 280 g/mol. The summed E-state index contributed by atoms with van der Waals surface area (Å²) in [5, 5.41) is 0.777. The van der Waals surface area contributed by atoms with Crippen molar-refractivity contribution < 1.29 is 4.79 Å². The van der Waals surface area contributed by atoms with Gasteiger partial charge in [0.1, 0.15) is 12.1 Å². The minimum Gasteiger partial charge on any atom is -0.383 e. The maximum atomic E-state index is 12.5. The summed E-state index contributed by atoms with van der Waals surface area (Å²) < 4.78 is 0. The van der Waals surface area contributed by atoms with E-state index in [9.17, 15) is 4.79 Å². The van der Waals surface area contributed by atoms with E-state index in [0.717, 1.165) is 36.2 Å². The molecule has 1 saturated heterocycles. The van der Waals surface area contributed by atoms with E-state index in [1.54, 1.807) is 4.90 Å². The van der Waals surface area contributed by atoms with Crippen LogP contribution in [-0.2, 0) is 0 Å². The highest BCUT2D eigenvalue weighted by atomic mass is 16.2. The molecule has 2 aromatic rings. The number of fused-ring (bicyclic) bond motifs is 1. The number of benzene rings is 1. The predicted octanol–water partition coefficient (Wildman–Crippen LogP) is 1.02. The molecule has 0 aliphatic carbocycles. The average molecular weight is 300 g/mol. The fraction of sp³-hybridized carbons (Fsp3) is 0.400. The van der Waals surface area contributed by atoms with Crippen molar-refractivity contribution in [1.82, 2.24) is 19.8 Å². The van der Waals surface area contributed by atoms with Crippen molar-refractivity contribution >= 4 is 28.4 Å². The van der Waals surface area contributed by atoms with E-state index in [2.05, 4.69) is 14.9 Å². The topological polar surface area (TPSA) is 78.6 Å². The molecule has 0 spiro atoms. The van der Waals surface area contributed by atoms with Crippen molar-refractivity contribution in [1.29, 1.82) is 0 Å². The Balaban J connectivity index is 1.83. The van der Waals surface area contributed by atoms with Crippen LogP contribution in [0.2, 0.25) is 0 Å². The van der Waals surface area contributed by atoms with Crippen LogP contribution in [0.3, 0.4) is 0 Å². The molecule has 116 valence electrons. The van der Waals surface area contributed by atoms with Crippen LogP contribution in [0, 0.1) is 0 Å². The van der Waals surface area contributed by atoms with Gasteiger partial charge < -0.3 is 15.5 Å². The van der Waals surface area contributed by atoms with Crippen molar-refractivity contribution in [2.45, 2.75) is 0 Å². The molecule has 0 radical (unpaired) electrons. The van der Waals surface area contributed by atoms with Crippen LogP contribution in [0.5, 0.6) is 0 Å². The van der Waals surface area contributed by atoms with Gasteiger partial charge in [-0.3, -0.25) is 4.90 Å². The Hall–Kier alpha value is -2.41. The molecule has 1 aromatic carbocycles. The molecule has 2 heterocycles. The Labute approximate surface area is 129 Å². The molecule has 0 unspecified atom stereocenters. The molecule has 0 saturated carbocycles. The molecule has 1 fully saturated rings. The van der Waals surface area contributed by atoms with Crippen LogP contribution in [0.4, 0.5) is 16.3 Å². The number of anilines is 2. The van der Waals surface area contributed by atoms with Crippen LogP contribution in [-0.4, -0.2) is 66.1 Å². The second-order valence-corrected chi connectivity index (χ2v) is 5.68. The molecule has 1 aliphatic rings. The zero-order valence-electron chi connectivity index (χ0n) is 12.9. The van der Waals surface area contributed by atoms with Crippen molar-refractivity contribution in [3.05, 3.63) is 24.5 Å². The van der Waals surface area contributed by atoms with Crippen molar-refractivity contribution in [2.75, 3.05) is 50.9 Å². The van der Waals surface area contributed by atoms with Crippen molar-refractivity contribution in [3.63, 3.8) is 0 Å². The van der Waals surface area contributed by atoms with Crippen molar-refractivity contribution in [2.24, 2.45) is 0 Å². The van der Waals surface area contributed by atoms with Gasteiger partial charge in [-0.1, -0.05) is 0 Å². The highest BCUT2D eigenvalue weighted by molar-refractivity contribution is 5.98. The number of aromatic nitrogens is 2. The third kappa shape index (κ3) is 2.67. The molecule has 22 heavy (non-hydrogen) atoms. The Morgan fingerprint density at radius 1 is 1.27 bits per heavy atom. The van der Waals surface area contributed by atoms with Gasteiger partial charge in [0.05, 0.1) is 5.52 Å². The number of amides is 2. The van der Waals surface area contributed by atoms with E-state index in [4.69, 9.17) is 5.73 Å². The van der Waals surface area contributed by atoms with Crippen LogP contribution in [0.1, 0.15) is 0 Å². The summed E-state index contributed by atoms with van der Waals surface area (Å²) in [5.74, 6) is 0.433. The molecule has 1 aliphatic heterocycles. The van der Waals surface area contributed by atoms with Gasteiger partial charge >= 0.3 is 6.03 Å². The van der Waals surface area contributed by atoms with Gasteiger partial charge in [0.25, 0.3) is 0 Å². The largest absolute Gasteiger partial charge is 0.383 e. The van der Waals surface area contributed by atoms with Gasteiger partial charge in [-0.05, 0) is 32.3 Å². The maximum absolute atomic E-state index is 12.5. The number of carbonyl (C=O) groups is 1. The minimum absolute atomic E-state index is 0.0385. The summed E-state index contributed by atoms with van der Waals surface area (Å²) in [4.78, 5) is 26.4. The number of nitrogens with zero attached hydrogens (tertiary/aromatic N) is 5. The molecule has 0 atom stereocenters. The van der Waals surface area contributed by atoms with Gasteiger partial charge in [-0.25, -0.2) is 14.8 Å². The molecule has 7 nitrogen and oxygen atoms in total. The summed E-state index contributed by atoms with van der Waals surface area (Å²) in [6, 6.07) is 5.70. The Morgan fingerprint density at radius 2 is 2.09 bits per heavy atom. The van der Waals surface area contributed by atoms with Gasteiger partial charge in [-0.2, -0.15) is 0 Å². The van der Waals surface area contributed by atoms with E-state index in [1.807, 2.05) is 37.2 Å². The minimum atomic E-state index is 0.0385. The Bertz CT molecular complexity index is 701. The summed E-state index contributed by atoms with van der Waals surface area (Å²) in [5.41, 5.74) is 7.52. The van der Waals surface area contributed by atoms with E-state index < -0.39 is 0 Å². The summed E-state index contributed by atoms with van der Waals surface area (Å²) in [6.07, 6.45) is 1.45. The smallest absolute Gasteiger partial charge is 0.324 e.